The molecule has 1 atom stereocenters. The Hall–Kier alpha value is -2.51. The topological polar surface area (TPSA) is 59.8 Å². The first-order valence-electron chi connectivity index (χ1n) is 8.83. The lowest BCUT2D eigenvalue weighted by atomic mass is 9.98. The third kappa shape index (κ3) is 3.14. The number of nitrogens with zero attached hydrogens (tertiary/aromatic N) is 1. The molecule has 3 aromatic rings. The van der Waals surface area contributed by atoms with Gasteiger partial charge in [0.2, 0.25) is 5.76 Å². The molecule has 5 nitrogen and oxygen atoms in total. The molecule has 0 spiro atoms. The molecule has 1 aromatic heterocycles. The third-order valence-corrected chi connectivity index (χ3v) is 5.35. The van der Waals surface area contributed by atoms with Crippen LogP contribution < -0.4 is 5.43 Å². The lowest BCUT2D eigenvalue weighted by Gasteiger charge is -2.25. The van der Waals surface area contributed by atoms with E-state index in [2.05, 4.69) is 15.9 Å². The smallest absolute Gasteiger partial charge is 0.290 e. The summed E-state index contributed by atoms with van der Waals surface area (Å²) >= 11 is 3.37. The Labute approximate surface area is 168 Å². The summed E-state index contributed by atoms with van der Waals surface area (Å²) in [7, 11) is 1.59. The Morgan fingerprint density at radius 1 is 1.18 bits per heavy atom. The summed E-state index contributed by atoms with van der Waals surface area (Å²) in [6, 6.07) is 10.3. The number of benzene rings is 2. The van der Waals surface area contributed by atoms with Crippen molar-refractivity contribution in [3.05, 3.63) is 79.9 Å². The average Bonchev–Trinajstić information content (AvgIpc) is 2.96. The van der Waals surface area contributed by atoms with E-state index in [1.54, 1.807) is 42.3 Å². The molecule has 7 heteroatoms. The van der Waals surface area contributed by atoms with Crippen molar-refractivity contribution in [1.82, 2.24) is 4.90 Å². The summed E-state index contributed by atoms with van der Waals surface area (Å²) in [5.41, 5.74) is 1.05. The zero-order chi connectivity index (χ0) is 19.8. The van der Waals surface area contributed by atoms with E-state index in [-0.39, 0.29) is 22.9 Å². The first-order valence-corrected chi connectivity index (χ1v) is 9.62. The fourth-order valence-corrected chi connectivity index (χ4v) is 3.96. The van der Waals surface area contributed by atoms with Gasteiger partial charge in [0, 0.05) is 24.7 Å². The van der Waals surface area contributed by atoms with E-state index in [9.17, 15) is 14.0 Å². The maximum absolute atomic E-state index is 13.4. The van der Waals surface area contributed by atoms with Crippen LogP contribution in [0.5, 0.6) is 0 Å². The largest absolute Gasteiger partial charge is 0.450 e. The quantitative estimate of drug-likeness (QED) is 0.550. The number of amides is 1. The van der Waals surface area contributed by atoms with Crippen LogP contribution in [0.4, 0.5) is 4.39 Å². The summed E-state index contributed by atoms with van der Waals surface area (Å²) in [4.78, 5) is 28.0. The summed E-state index contributed by atoms with van der Waals surface area (Å²) in [5.74, 6) is -0.678. The monoisotopic (exact) mass is 445 g/mol. The number of carbonyl (C=O) groups is 1. The van der Waals surface area contributed by atoms with E-state index in [1.165, 1.54) is 12.1 Å². The van der Waals surface area contributed by atoms with E-state index in [1.807, 2.05) is 0 Å². The van der Waals surface area contributed by atoms with E-state index in [0.29, 0.717) is 41.7 Å². The van der Waals surface area contributed by atoms with Gasteiger partial charge in [-0.3, -0.25) is 9.59 Å². The predicted molar refractivity (Wildman–Crippen MR) is 106 cm³/mol. The zero-order valence-corrected chi connectivity index (χ0v) is 16.7. The van der Waals surface area contributed by atoms with Crippen LogP contribution in [0.2, 0.25) is 0 Å². The van der Waals surface area contributed by atoms with Crippen molar-refractivity contribution in [3.63, 3.8) is 0 Å². The van der Waals surface area contributed by atoms with Crippen LogP contribution in [0.25, 0.3) is 11.0 Å². The lowest BCUT2D eigenvalue weighted by Crippen LogP contribution is -2.31. The fraction of sp³-hybridized carbons (Fsp3) is 0.238. The molecule has 0 N–H and O–H groups in total. The van der Waals surface area contributed by atoms with Gasteiger partial charge < -0.3 is 14.1 Å². The van der Waals surface area contributed by atoms with Crippen LogP contribution in [-0.2, 0) is 4.74 Å². The SMILES string of the molecule is COCCCN1C(=O)c2oc3ccc(Br)cc3c(=O)c2C1c1ccc(F)cc1. The van der Waals surface area contributed by atoms with Crippen molar-refractivity contribution in [2.24, 2.45) is 0 Å². The van der Waals surface area contributed by atoms with Gasteiger partial charge in [-0.15, -0.1) is 0 Å². The first kappa shape index (κ1) is 18.8. The second-order valence-electron chi connectivity index (χ2n) is 6.61. The number of ether oxygens (including phenoxy) is 1. The Balaban J connectivity index is 1.92. The second kappa shape index (κ2) is 7.48. The first-order chi connectivity index (χ1) is 13.5. The number of halogens is 2. The van der Waals surface area contributed by atoms with Gasteiger partial charge in [0.05, 0.1) is 17.0 Å². The molecule has 0 fully saturated rings. The Bertz CT molecular complexity index is 1110. The third-order valence-electron chi connectivity index (χ3n) is 4.86. The average molecular weight is 446 g/mol. The van der Waals surface area contributed by atoms with Crippen molar-refractivity contribution in [3.8, 4) is 0 Å². The zero-order valence-electron chi connectivity index (χ0n) is 15.1. The predicted octanol–water partition coefficient (Wildman–Crippen LogP) is 4.28. The summed E-state index contributed by atoms with van der Waals surface area (Å²) in [5, 5.41) is 0.395. The maximum Gasteiger partial charge on any atom is 0.290 e. The molecule has 0 bridgehead atoms. The molecule has 0 saturated carbocycles. The Kier molecular flexibility index (Phi) is 5.03. The molecule has 4 rings (SSSR count). The molecule has 0 saturated heterocycles. The molecular formula is C21H17BrFNO4. The van der Waals surface area contributed by atoms with Crippen LogP contribution >= 0.6 is 15.9 Å². The van der Waals surface area contributed by atoms with Crippen LogP contribution in [0.3, 0.4) is 0 Å². The van der Waals surface area contributed by atoms with Gasteiger partial charge >= 0.3 is 0 Å². The minimum atomic E-state index is -0.625. The summed E-state index contributed by atoms with van der Waals surface area (Å²) in [6.45, 7) is 0.866. The van der Waals surface area contributed by atoms with Gasteiger partial charge in [-0.2, -0.15) is 0 Å². The molecule has 1 unspecified atom stereocenters. The van der Waals surface area contributed by atoms with Crippen molar-refractivity contribution in [1.29, 1.82) is 0 Å². The van der Waals surface area contributed by atoms with Crippen molar-refractivity contribution in [2.75, 3.05) is 20.3 Å². The molecule has 0 aliphatic carbocycles. The standard InChI is InChI=1S/C21H17BrFNO4/c1-27-10-2-9-24-18(12-3-6-14(23)7-4-12)17-19(25)15-11-13(22)5-8-16(15)28-20(17)21(24)26/h3-8,11,18H,2,9-10H2,1H3. The molecule has 2 heterocycles. The van der Waals surface area contributed by atoms with Crippen LogP contribution in [0, 0.1) is 5.82 Å². The second-order valence-corrected chi connectivity index (χ2v) is 7.53. The van der Waals surface area contributed by atoms with E-state index in [0.717, 1.165) is 4.47 Å². The van der Waals surface area contributed by atoms with Gasteiger partial charge in [-0.25, -0.2) is 4.39 Å². The van der Waals surface area contributed by atoms with Crippen LogP contribution in [0.1, 0.15) is 34.1 Å². The normalized spacial score (nSPS) is 16.0. The highest BCUT2D eigenvalue weighted by Gasteiger charge is 2.42. The van der Waals surface area contributed by atoms with Gasteiger partial charge in [0.25, 0.3) is 5.91 Å². The Morgan fingerprint density at radius 2 is 1.93 bits per heavy atom. The number of fused-ring (bicyclic) bond motifs is 2. The van der Waals surface area contributed by atoms with Gasteiger partial charge in [-0.1, -0.05) is 28.1 Å². The maximum atomic E-state index is 13.4. The van der Waals surface area contributed by atoms with Crippen molar-refractivity contribution < 1.29 is 18.3 Å². The molecular weight excluding hydrogens is 429 g/mol. The minimum absolute atomic E-state index is 0.0477. The molecule has 28 heavy (non-hydrogen) atoms. The van der Waals surface area contributed by atoms with Gasteiger partial charge in [-0.05, 0) is 42.3 Å². The van der Waals surface area contributed by atoms with Crippen molar-refractivity contribution in [2.45, 2.75) is 12.5 Å². The molecule has 0 radical (unpaired) electrons. The Morgan fingerprint density at radius 3 is 2.64 bits per heavy atom. The number of methoxy groups -OCH3 is 1. The van der Waals surface area contributed by atoms with Crippen LogP contribution in [0.15, 0.2) is 56.1 Å². The molecule has 2 aromatic carbocycles. The van der Waals surface area contributed by atoms with Crippen molar-refractivity contribution >= 4 is 32.8 Å². The van der Waals surface area contributed by atoms with E-state index < -0.39 is 6.04 Å². The molecule has 144 valence electrons. The highest BCUT2D eigenvalue weighted by molar-refractivity contribution is 9.10. The minimum Gasteiger partial charge on any atom is -0.450 e. The molecule has 1 aliphatic rings. The summed E-state index contributed by atoms with van der Waals surface area (Å²) in [6.07, 6.45) is 0.604. The van der Waals surface area contributed by atoms with E-state index >= 15 is 0 Å². The van der Waals surface area contributed by atoms with Gasteiger partial charge in [0.15, 0.2) is 5.43 Å². The number of rotatable bonds is 5. The van der Waals surface area contributed by atoms with E-state index in [4.69, 9.17) is 9.15 Å². The summed E-state index contributed by atoms with van der Waals surface area (Å²) < 4.78 is 25.1. The molecule has 1 aliphatic heterocycles. The van der Waals surface area contributed by atoms with Crippen LogP contribution in [-0.4, -0.2) is 31.1 Å². The number of hydrogen-bond donors (Lipinski definition) is 0. The fourth-order valence-electron chi connectivity index (χ4n) is 3.59. The lowest BCUT2D eigenvalue weighted by molar-refractivity contribution is 0.0708. The highest BCUT2D eigenvalue weighted by atomic mass is 79.9. The molecule has 1 amide bonds. The highest BCUT2D eigenvalue weighted by Crippen LogP contribution is 2.38. The number of carbonyl (C=O) groups excluding carboxylic acids is 1. The number of hydrogen-bond acceptors (Lipinski definition) is 4. The van der Waals surface area contributed by atoms with Gasteiger partial charge in [0.1, 0.15) is 11.4 Å².